The van der Waals surface area contributed by atoms with E-state index in [0.29, 0.717) is 16.1 Å². The van der Waals surface area contributed by atoms with Gasteiger partial charge in [0.1, 0.15) is 0 Å². The standard InChI is InChI=1S/C20H22Cl2N2OS/c21-16-6-5-15-17(24-9-7-23(8-10-24)11-12-25)13-14-3-1-2-4-18(14)26-20(15)19(16)22/h1-6,17,25H,7-13H2/t17-/m1/s1. The van der Waals surface area contributed by atoms with E-state index in [9.17, 15) is 5.11 Å². The number of fused-ring (bicyclic) bond motifs is 2. The molecule has 2 heterocycles. The van der Waals surface area contributed by atoms with Gasteiger partial charge < -0.3 is 5.11 Å². The van der Waals surface area contributed by atoms with Gasteiger partial charge >= 0.3 is 0 Å². The van der Waals surface area contributed by atoms with Gasteiger partial charge in [0, 0.05) is 48.6 Å². The van der Waals surface area contributed by atoms with Gasteiger partial charge in [0.05, 0.1) is 16.7 Å². The van der Waals surface area contributed by atoms with Crippen molar-refractivity contribution < 1.29 is 5.11 Å². The van der Waals surface area contributed by atoms with Crippen LogP contribution in [0.4, 0.5) is 0 Å². The van der Waals surface area contributed by atoms with Gasteiger partial charge in [-0.1, -0.05) is 59.2 Å². The molecule has 1 fully saturated rings. The molecule has 0 aliphatic carbocycles. The largest absolute Gasteiger partial charge is 0.395 e. The molecule has 0 unspecified atom stereocenters. The van der Waals surface area contributed by atoms with Crippen molar-refractivity contribution >= 4 is 35.0 Å². The molecule has 3 nitrogen and oxygen atoms in total. The van der Waals surface area contributed by atoms with Crippen molar-refractivity contribution in [1.82, 2.24) is 9.80 Å². The molecule has 0 bridgehead atoms. The number of benzene rings is 2. The fourth-order valence-corrected chi connectivity index (χ4v) is 5.55. The number of aliphatic hydroxyl groups is 1. The molecule has 6 heteroatoms. The van der Waals surface area contributed by atoms with Crippen molar-refractivity contribution in [2.24, 2.45) is 0 Å². The maximum atomic E-state index is 9.18. The maximum absolute atomic E-state index is 9.18. The summed E-state index contributed by atoms with van der Waals surface area (Å²) in [6, 6.07) is 13.0. The summed E-state index contributed by atoms with van der Waals surface area (Å²) in [5.74, 6) is 0. The zero-order chi connectivity index (χ0) is 18.1. The van der Waals surface area contributed by atoms with Crippen LogP contribution in [-0.2, 0) is 6.42 Å². The van der Waals surface area contributed by atoms with Gasteiger partial charge in [-0.2, -0.15) is 0 Å². The van der Waals surface area contributed by atoms with Crippen LogP contribution in [0.15, 0.2) is 46.2 Å². The third kappa shape index (κ3) is 3.64. The number of rotatable bonds is 3. The first kappa shape index (κ1) is 18.6. The quantitative estimate of drug-likeness (QED) is 0.816. The Balaban J connectivity index is 1.69. The van der Waals surface area contributed by atoms with Crippen LogP contribution in [-0.4, -0.2) is 54.2 Å². The van der Waals surface area contributed by atoms with Crippen LogP contribution in [0.1, 0.15) is 17.2 Å². The van der Waals surface area contributed by atoms with Gasteiger partial charge in [-0.25, -0.2) is 0 Å². The third-order valence-corrected chi connectivity index (χ3v) is 7.48. The topological polar surface area (TPSA) is 26.7 Å². The van der Waals surface area contributed by atoms with Crippen LogP contribution in [0.3, 0.4) is 0 Å². The Morgan fingerprint density at radius 2 is 1.81 bits per heavy atom. The van der Waals surface area contributed by atoms with Crippen LogP contribution in [0.2, 0.25) is 10.0 Å². The number of nitrogens with zero attached hydrogens (tertiary/aromatic N) is 2. The van der Waals surface area contributed by atoms with E-state index < -0.39 is 0 Å². The summed E-state index contributed by atoms with van der Waals surface area (Å²) in [6.07, 6.45) is 0.980. The molecule has 0 spiro atoms. The van der Waals surface area contributed by atoms with Crippen molar-refractivity contribution in [2.75, 3.05) is 39.3 Å². The molecule has 0 radical (unpaired) electrons. The summed E-state index contributed by atoms with van der Waals surface area (Å²) in [7, 11) is 0. The minimum Gasteiger partial charge on any atom is -0.395 e. The van der Waals surface area contributed by atoms with Crippen LogP contribution in [0.5, 0.6) is 0 Å². The molecule has 0 saturated carbocycles. The Bertz CT molecular complexity index is 793. The van der Waals surface area contributed by atoms with E-state index >= 15 is 0 Å². The Hall–Kier alpha value is -0.750. The summed E-state index contributed by atoms with van der Waals surface area (Å²) in [4.78, 5) is 7.23. The zero-order valence-electron chi connectivity index (χ0n) is 14.5. The second kappa shape index (κ2) is 8.09. The second-order valence-electron chi connectivity index (χ2n) is 6.81. The summed E-state index contributed by atoms with van der Waals surface area (Å²) < 4.78 is 0. The molecule has 2 aromatic rings. The lowest BCUT2D eigenvalue weighted by Crippen LogP contribution is -2.48. The molecule has 1 saturated heterocycles. The van der Waals surface area contributed by atoms with Crippen molar-refractivity contribution in [3.05, 3.63) is 57.6 Å². The Morgan fingerprint density at radius 1 is 1.04 bits per heavy atom. The van der Waals surface area contributed by atoms with Crippen molar-refractivity contribution in [1.29, 1.82) is 0 Å². The predicted molar refractivity (Wildman–Crippen MR) is 109 cm³/mol. The summed E-state index contributed by atoms with van der Waals surface area (Å²) in [5, 5.41) is 10.5. The highest BCUT2D eigenvalue weighted by molar-refractivity contribution is 7.99. The van der Waals surface area contributed by atoms with E-state index in [1.54, 1.807) is 11.8 Å². The molecular weight excluding hydrogens is 387 g/mol. The number of β-amino-alcohol motifs (C(OH)–C–C–N with tert-alkyl or cyclic N) is 1. The molecule has 1 N–H and O–H groups in total. The lowest BCUT2D eigenvalue weighted by Gasteiger charge is -2.39. The summed E-state index contributed by atoms with van der Waals surface area (Å²) in [6.45, 7) is 4.96. The lowest BCUT2D eigenvalue weighted by molar-refractivity contribution is 0.0823. The SMILES string of the molecule is OCCN1CCN([C@@H]2Cc3ccccc3Sc3c2ccc(Cl)c3Cl)CC1. The maximum Gasteiger partial charge on any atom is 0.0735 e. The van der Waals surface area contributed by atoms with E-state index in [1.165, 1.54) is 16.0 Å². The van der Waals surface area contributed by atoms with E-state index in [1.807, 2.05) is 6.07 Å². The van der Waals surface area contributed by atoms with E-state index in [-0.39, 0.29) is 6.61 Å². The molecule has 2 aliphatic heterocycles. The highest BCUT2D eigenvalue weighted by atomic mass is 35.5. The van der Waals surface area contributed by atoms with Gasteiger partial charge in [0.2, 0.25) is 0 Å². The van der Waals surface area contributed by atoms with E-state index in [2.05, 4.69) is 40.1 Å². The van der Waals surface area contributed by atoms with Gasteiger partial charge in [-0.3, -0.25) is 9.80 Å². The van der Waals surface area contributed by atoms with Crippen LogP contribution >= 0.6 is 35.0 Å². The number of piperazine rings is 1. The van der Waals surface area contributed by atoms with Crippen molar-refractivity contribution in [2.45, 2.75) is 22.3 Å². The van der Waals surface area contributed by atoms with Gasteiger partial charge in [0.15, 0.2) is 0 Å². The minimum atomic E-state index is 0.227. The monoisotopic (exact) mass is 408 g/mol. The zero-order valence-corrected chi connectivity index (χ0v) is 16.8. The van der Waals surface area contributed by atoms with Gasteiger partial charge in [-0.15, -0.1) is 0 Å². The molecule has 2 aromatic carbocycles. The minimum absolute atomic E-state index is 0.227. The van der Waals surface area contributed by atoms with Crippen molar-refractivity contribution in [3.8, 4) is 0 Å². The molecular formula is C20H22Cl2N2OS. The van der Waals surface area contributed by atoms with Crippen molar-refractivity contribution in [3.63, 3.8) is 0 Å². The molecule has 0 amide bonds. The number of hydrogen-bond donors (Lipinski definition) is 1. The third-order valence-electron chi connectivity index (χ3n) is 5.30. The predicted octanol–water partition coefficient (Wildman–Crippen LogP) is 4.35. The number of aliphatic hydroxyl groups excluding tert-OH is 1. The first-order valence-electron chi connectivity index (χ1n) is 8.98. The Kier molecular flexibility index (Phi) is 5.79. The molecule has 0 aromatic heterocycles. The van der Waals surface area contributed by atoms with Gasteiger partial charge in [-0.05, 0) is 29.7 Å². The molecule has 26 heavy (non-hydrogen) atoms. The highest BCUT2D eigenvalue weighted by Crippen LogP contribution is 2.47. The molecule has 1 atom stereocenters. The molecule has 2 aliphatic rings. The number of halogens is 2. The highest BCUT2D eigenvalue weighted by Gasteiger charge is 2.31. The van der Waals surface area contributed by atoms with Crippen LogP contribution < -0.4 is 0 Å². The first-order valence-corrected chi connectivity index (χ1v) is 10.6. The fraction of sp³-hybridized carbons (Fsp3) is 0.400. The fourth-order valence-electron chi connectivity index (χ4n) is 3.88. The molecule has 138 valence electrons. The van der Waals surface area contributed by atoms with Gasteiger partial charge in [0.25, 0.3) is 0 Å². The lowest BCUT2D eigenvalue weighted by atomic mass is 9.96. The van der Waals surface area contributed by atoms with Crippen LogP contribution in [0.25, 0.3) is 0 Å². The Labute approximate surface area is 168 Å². The smallest absolute Gasteiger partial charge is 0.0735 e. The molecule has 4 rings (SSSR count). The van der Waals surface area contributed by atoms with Crippen LogP contribution in [0, 0.1) is 0 Å². The average Bonchev–Trinajstić information content (AvgIpc) is 2.83. The van der Waals surface area contributed by atoms with E-state index in [4.69, 9.17) is 23.2 Å². The van der Waals surface area contributed by atoms with E-state index in [0.717, 1.165) is 44.0 Å². The summed E-state index contributed by atoms with van der Waals surface area (Å²) in [5.41, 5.74) is 2.64. The Morgan fingerprint density at radius 3 is 2.58 bits per heavy atom. The average molecular weight is 409 g/mol. The second-order valence-corrected chi connectivity index (χ2v) is 8.65. The normalized spacial score (nSPS) is 21.1. The first-order chi connectivity index (χ1) is 12.7. The summed E-state index contributed by atoms with van der Waals surface area (Å²) >= 11 is 14.7. The number of hydrogen-bond acceptors (Lipinski definition) is 4.